The summed E-state index contributed by atoms with van der Waals surface area (Å²) < 4.78 is 0. The van der Waals surface area contributed by atoms with Crippen molar-refractivity contribution in [3.05, 3.63) is 71.8 Å². The standard InChI is InChI=1S/C23H26N2O3/c1-17(26)24-21(18-8-4-2-5-9-18)16-22(27)25-14-12-20(13-15-25)23(28)19-10-6-3-7-11-19/h2-11,20-21H,12-16H2,1H3,(H,24,26)/t21-/m1/s1. The Bertz CT molecular complexity index is 812. The van der Waals surface area contributed by atoms with Crippen molar-refractivity contribution >= 4 is 17.6 Å². The number of piperidine rings is 1. The zero-order valence-corrected chi connectivity index (χ0v) is 16.1. The van der Waals surface area contributed by atoms with Gasteiger partial charge < -0.3 is 10.2 Å². The van der Waals surface area contributed by atoms with Crippen LogP contribution in [0, 0.1) is 5.92 Å². The van der Waals surface area contributed by atoms with Gasteiger partial charge in [0.1, 0.15) is 0 Å². The van der Waals surface area contributed by atoms with E-state index in [-0.39, 0.29) is 36.0 Å². The van der Waals surface area contributed by atoms with Gasteiger partial charge in [-0.1, -0.05) is 60.7 Å². The molecule has 2 aromatic rings. The summed E-state index contributed by atoms with van der Waals surface area (Å²) in [4.78, 5) is 38.8. The van der Waals surface area contributed by atoms with Gasteiger partial charge in [0.2, 0.25) is 11.8 Å². The van der Waals surface area contributed by atoms with Gasteiger partial charge in [0.05, 0.1) is 12.5 Å². The van der Waals surface area contributed by atoms with Crippen LogP contribution < -0.4 is 5.32 Å². The molecule has 28 heavy (non-hydrogen) atoms. The van der Waals surface area contributed by atoms with Gasteiger partial charge in [-0.3, -0.25) is 14.4 Å². The number of nitrogens with zero attached hydrogens (tertiary/aromatic N) is 1. The largest absolute Gasteiger partial charge is 0.349 e. The summed E-state index contributed by atoms with van der Waals surface area (Å²) in [6.45, 7) is 2.61. The normalized spacial score (nSPS) is 15.7. The Morgan fingerprint density at radius 3 is 2.11 bits per heavy atom. The van der Waals surface area contributed by atoms with Crippen LogP contribution in [0.3, 0.4) is 0 Å². The second kappa shape index (κ2) is 9.31. The van der Waals surface area contributed by atoms with Gasteiger partial charge in [0.15, 0.2) is 5.78 Å². The van der Waals surface area contributed by atoms with Crippen molar-refractivity contribution in [2.75, 3.05) is 13.1 Å². The SMILES string of the molecule is CC(=O)N[C@H](CC(=O)N1CCC(C(=O)c2ccccc2)CC1)c1ccccc1. The zero-order chi connectivity index (χ0) is 19.9. The predicted octanol–water partition coefficient (Wildman–Crippen LogP) is 3.38. The van der Waals surface area contributed by atoms with Gasteiger partial charge in [-0.05, 0) is 18.4 Å². The summed E-state index contributed by atoms with van der Waals surface area (Å²) in [6.07, 6.45) is 1.58. The molecule has 1 N–H and O–H groups in total. The maximum absolute atomic E-state index is 12.8. The summed E-state index contributed by atoms with van der Waals surface area (Å²) in [5, 5.41) is 2.87. The average molecular weight is 378 g/mol. The first kappa shape index (κ1) is 19.8. The number of likely N-dealkylation sites (tertiary alicyclic amines) is 1. The summed E-state index contributed by atoms with van der Waals surface area (Å²) in [7, 11) is 0. The monoisotopic (exact) mass is 378 g/mol. The first-order valence-corrected chi connectivity index (χ1v) is 9.73. The molecule has 1 heterocycles. The van der Waals surface area contributed by atoms with E-state index in [9.17, 15) is 14.4 Å². The van der Waals surface area contributed by atoms with Crippen LogP contribution >= 0.6 is 0 Å². The average Bonchev–Trinajstić information content (AvgIpc) is 2.74. The van der Waals surface area contributed by atoms with Crippen molar-refractivity contribution in [2.24, 2.45) is 5.92 Å². The lowest BCUT2D eigenvalue weighted by molar-refractivity contribution is -0.133. The maximum Gasteiger partial charge on any atom is 0.224 e. The van der Waals surface area contributed by atoms with Gasteiger partial charge >= 0.3 is 0 Å². The van der Waals surface area contributed by atoms with E-state index in [4.69, 9.17) is 0 Å². The van der Waals surface area contributed by atoms with E-state index in [0.717, 1.165) is 11.1 Å². The fourth-order valence-corrected chi connectivity index (χ4v) is 3.72. The molecule has 5 heteroatoms. The van der Waals surface area contributed by atoms with Crippen LogP contribution in [0.4, 0.5) is 0 Å². The molecular formula is C23H26N2O3. The fraction of sp³-hybridized carbons (Fsp3) is 0.348. The molecular weight excluding hydrogens is 352 g/mol. The molecule has 2 aromatic carbocycles. The third-order valence-corrected chi connectivity index (χ3v) is 5.23. The highest BCUT2D eigenvalue weighted by Crippen LogP contribution is 2.24. The van der Waals surface area contributed by atoms with Crippen molar-refractivity contribution in [1.29, 1.82) is 0 Å². The molecule has 1 atom stereocenters. The smallest absolute Gasteiger partial charge is 0.224 e. The topological polar surface area (TPSA) is 66.5 Å². The quantitative estimate of drug-likeness (QED) is 0.784. The molecule has 0 aliphatic carbocycles. The second-order valence-corrected chi connectivity index (χ2v) is 7.25. The summed E-state index contributed by atoms with van der Waals surface area (Å²) in [6, 6.07) is 18.5. The lowest BCUT2D eigenvalue weighted by atomic mass is 9.88. The van der Waals surface area contributed by atoms with E-state index in [1.807, 2.05) is 65.6 Å². The van der Waals surface area contributed by atoms with E-state index >= 15 is 0 Å². The number of hydrogen-bond donors (Lipinski definition) is 1. The Labute approximate surface area is 165 Å². The number of ketones is 1. The summed E-state index contributed by atoms with van der Waals surface area (Å²) in [5.74, 6) is -0.0261. The third kappa shape index (κ3) is 5.06. The highest BCUT2D eigenvalue weighted by atomic mass is 16.2. The Morgan fingerprint density at radius 2 is 1.54 bits per heavy atom. The number of amides is 2. The molecule has 0 radical (unpaired) electrons. The Balaban J connectivity index is 1.58. The van der Waals surface area contributed by atoms with Crippen LogP contribution in [0.2, 0.25) is 0 Å². The molecule has 0 aromatic heterocycles. The van der Waals surface area contributed by atoms with Crippen LogP contribution in [-0.2, 0) is 9.59 Å². The van der Waals surface area contributed by atoms with Gasteiger partial charge in [-0.15, -0.1) is 0 Å². The minimum Gasteiger partial charge on any atom is -0.349 e. The Kier molecular flexibility index (Phi) is 6.58. The van der Waals surface area contributed by atoms with Crippen LogP contribution in [0.25, 0.3) is 0 Å². The van der Waals surface area contributed by atoms with Gasteiger partial charge in [-0.2, -0.15) is 0 Å². The molecule has 1 aliphatic rings. The fourth-order valence-electron chi connectivity index (χ4n) is 3.72. The van der Waals surface area contributed by atoms with E-state index in [1.165, 1.54) is 6.92 Å². The van der Waals surface area contributed by atoms with E-state index < -0.39 is 0 Å². The zero-order valence-electron chi connectivity index (χ0n) is 16.1. The van der Waals surface area contributed by atoms with Crippen molar-refractivity contribution < 1.29 is 14.4 Å². The van der Waals surface area contributed by atoms with E-state index in [1.54, 1.807) is 0 Å². The minimum absolute atomic E-state index is 0.00760. The molecule has 0 saturated carbocycles. The van der Waals surface area contributed by atoms with Gasteiger partial charge in [-0.25, -0.2) is 0 Å². The number of carbonyl (C=O) groups excluding carboxylic acids is 3. The molecule has 1 fully saturated rings. The molecule has 0 bridgehead atoms. The number of rotatable bonds is 6. The first-order valence-electron chi connectivity index (χ1n) is 9.73. The minimum atomic E-state index is -0.338. The van der Waals surface area contributed by atoms with Gasteiger partial charge in [0.25, 0.3) is 0 Å². The number of carbonyl (C=O) groups is 3. The molecule has 146 valence electrons. The van der Waals surface area contributed by atoms with Crippen molar-refractivity contribution in [3.63, 3.8) is 0 Å². The Hall–Kier alpha value is -2.95. The second-order valence-electron chi connectivity index (χ2n) is 7.25. The first-order chi connectivity index (χ1) is 13.5. The highest BCUT2D eigenvalue weighted by Gasteiger charge is 2.29. The molecule has 1 saturated heterocycles. The number of Topliss-reactive ketones (excluding diaryl/α,β-unsaturated/α-hetero) is 1. The van der Waals surface area contributed by atoms with Gasteiger partial charge in [0, 0.05) is 31.5 Å². The Morgan fingerprint density at radius 1 is 0.964 bits per heavy atom. The van der Waals surface area contributed by atoms with E-state index in [0.29, 0.717) is 25.9 Å². The lowest BCUT2D eigenvalue weighted by Gasteiger charge is -2.32. The van der Waals surface area contributed by atoms with Crippen molar-refractivity contribution in [1.82, 2.24) is 10.2 Å². The predicted molar refractivity (Wildman–Crippen MR) is 108 cm³/mol. The molecule has 1 aliphatic heterocycles. The van der Waals surface area contributed by atoms with Crippen LogP contribution in [-0.4, -0.2) is 35.6 Å². The van der Waals surface area contributed by atoms with Crippen LogP contribution in [0.5, 0.6) is 0 Å². The molecule has 0 unspecified atom stereocenters. The molecule has 5 nitrogen and oxygen atoms in total. The third-order valence-electron chi connectivity index (χ3n) is 5.23. The highest BCUT2D eigenvalue weighted by molar-refractivity contribution is 5.98. The summed E-state index contributed by atoms with van der Waals surface area (Å²) >= 11 is 0. The number of hydrogen-bond acceptors (Lipinski definition) is 3. The van der Waals surface area contributed by atoms with Crippen LogP contribution in [0.1, 0.15) is 48.1 Å². The number of nitrogens with one attached hydrogen (secondary N) is 1. The van der Waals surface area contributed by atoms with Crippen molar-refractivity contribution in [2.45, 2.75) is 32.2 Å². The molecule has 0 spiro atoms. The lowest BCUT2D eigenvalue weighted by Crippen LogP contribution is -2.42. The molecule has 3 rings (SSSR count). The summed E-state index contributed by atoms with van der Waals surface area (Å²) in [5.41, 5.74) is 1.65. The molecule has 2 amide bonds. The maximum atomic E-state index is 12.8. The van der Waals surface area contributed by atoms with Crippen LogP contribution in [0.15, 0.2) is 60.7 Å². The van der Waals surface area contributed by atoms with E-state index in [2.05, 4.69) is 5.32 Å². The number of benzene rings is 2. The van der Waals surface area contributed by atoms with Crippen molar-refractivity contribution in [3.8, 4) is 0 Å².